The van der Waals surface area contributed by atoms with Gasteiger partial charge in [-0.25, -0.2) is 14.8 Å². The molecule has 0 bridgehead atoms. The van der Waals surface area contributed by atoms with Gasteiger partial charge in [0.15, 0.2) is 11.5 Å². The average Bonchev–Trinajstić information content (AvgIpc) is 2.65. The number of halogens is 1. The van der Waals surface area contributed by atoms with E-state index in [4.69, 9.17) is 11.6 Å². The third-order valence-electron chi connectivity index (χ3n) is 4.37. The number of nitrogens with zero attached hydrogens (tertiary/aromatic N) is 5. The minimum atomic E-state index is -0.346. The van der Waals surface area contributed by atoms with Crippen LogP contribution < -0.4 is 11.2 Å². The van der Waals surface area contributed by atoms with Crippen LogP contribution in [0.3, 0.4) is 0 Å². The molecule has 2 heterocycles. The number of benzene rings is 1. The Kier molecular flexibility index (Phi) is 5.72. The second-order valence-corrected chi connectivity index (χ2v) is 7.01. The van der Waals surface area contributed by atoms with Crippen molar-refractivity contribution in [3.05, 3.63) is 56.3 Å². The lowest BCUT2D eigenvalue weighted by molar-refractivity contribution is 0.381. The minimum absolute atomic E-state index is 0.338. The van der Waals surface area contributed by atoms with Crippen LogP contribution in [0.25, 0.3) is 22.4 Å². The zero-order valence-electron chi connectivity index (χ0n) is 15.6. The molecule has 0 fully saturated rings. The lowest BCUT2D eigenvalue weighted by atomic mass is 10.2. The van der Waals surface area contributed by atoms with E-state index in [1.54, 1.807) is 24.3 Å². The molecule has 0 N–H and O–H groups in total. The van der Waals surface area contributed by atoms with Crippen molar-refractivity contribution in [2.45, 2.75) is 26.4 Å². The second-order valence-electron chi connectivity index (χ2n) is 6.58. The maximum Gasteiger partial charge on any atom is 0.332 e. The van der Waals surface area contributed by atoms with Crippen LogP contribution in [0.4, 0.5) is 0 Å². The maximum absolute atomic E-state index is 12.8. The summed E-state index contributed by atoms with van der Waals surface area (Å²) in [5.41, 5.74) is 0.443. The Bertz CT molecular complexity index is 1070. The molecule has 0 unspecified atom stereocenters. The summed E-state index contributed by atoms with van der Waals surface area (Å²) >= 11 is 5.93. The summed E-state index contributed by atoms with van der Waals surface area (Å²) in [5, 5.41) is 0.963. The molecule has 1 aromatic carbocycles. The zero-order chi connectivity index (χ0) is 19.6. The first-order chi connectivity index (χ1) is 12.9. The van der Waals surface area contributed by atoms with E-state index in [-0.39, 0.29) is 11.2 Å². The van der Waals surface area contributed by atoms with Gasteiger partial charge >= 0.3 is 5.69 Å². The Hall–Kier alpha value is -2.51. The summed E-state index contributed by atoms with van der Waals surface area (Å²) in [6, 6.07) is 7.11. The Balaban J connectivity index is 2.13. The monoisotopic (exact) mass is 387 g/mol. The highest BCUT2D eigenvalue weighted by Crippen LogP contribution is 2.19. The van der Waals surface area contributed by atoms with Crippen molar-refractivity contribution in [2.75, 3.05) is 20.6 Å². The van der Waals surface area contributed by atoms with E-state index >= 15 is 0 Å². The lowest BCUT2D eigenvalue weighted by Gasteiger charge is -2.14. The molecule has 0 atom stereocenters. The molecule has 0 spiro atoms. The Labute approximate surface area is 161 Å². The molecule has 0 aliphatic carbocycles. The van der Waals surface area contributed by atoms with E-state index in [0.717, 1.165) is 12.1 Å². The van der Waals surface area contributed by atoms with Gasteiger partial charge in [0.1, 0.15) is 5.39 Å². The molecule has 2 aromatic heterocycles. The summed E-state index contributed by atoms with van der Waals surface area (Å²) < 4.78 is 2.80. The number of rotatable bonds is 6. The summed E-state index contributed by atoms with van der Waals surface area (Å²) in [6.07, 6.45) is 2.21. The van der Waals surface area contributed by atoms with E-state index in [2.05, 4.69) is 9.97 Å². The Morgan fingerprint density at radius 3 is 2.44 bits per heavy atom. The number of fused-ring (bicyclic) bond motifs is 1. The van der Waals surface area contributed by atoms with Gasteiger partial charge in [-0.05, 0) is 58.3 Å². The molecule has 0 aliphatic rings. The van der Waals surface area contributed by atoms with Gasteiger partial charge in [-0.2, -0.15) is 0 Å². The summed E-state index contributed by atoms with van der Waals surface area (Å²) in [4.78, 5) is 36.5. The Morgan fingerprint density at radius 1 is 1.11 bits per heavy atom. The number of aromatic nitrogens is 4. The third kappa shape index (κ3) is 3.94. The molecule has 3 aromatic rings. The molecule has 0 saturated heterocycles. The zero-order valence-corrected chi connectivity index (χ0v) is 16.4. The molecule has 0 radical (unpaired) electrons. The average molecular weight is 388 g/mol. The highest BCUT2D eigenvalue weighted by molar-refractivity contribution is 6.30. The molecular formula is C19H22ClN5O2. The number of aryl methyl sites for hydroxylation is 1. The van der Waals surface area contributed by atoms with Gasteiger partial charge < -0.3 is 4.90 Å². The molecular weight excluding hydrogens is 366 g/mol. The first-order valence-electron chi connectivity index (χ1n) is 8.83. The van der Waals surface area contributed by atoms with Crippen LogP contribution in [0.1, 0.15) is 13.3 Å². The van der Waals surface area contributed by atoms with Crippen molar-refractivity contribution < 1.29 is 0 Å². The van der Waals surface area contributed by atoms with Crippen molar-refractivity contribution in [2.24, 2.45) is 0 Å². The van der Waals surface area contributed by atoms with Gasteiger partial charge in [-0.1, -0.05) is 11.6 Å². The molecule has 3 rings (SSSR count). The smallest absolute Gasteiger partial charge is 0.309 e. The van der Waals surface area contributed by atoms with Gasteiger partial charge in [-0.15, -0.1) is 0 Å². The molecule has 8 heteroatoms. The Morgan fingerprint density at radius 2 is 1.81 bits per heavy atom. The summed E-state index contributed by atoms with van der Waals surface area (Å²) in [6.45, 7) is 3.44. The topological polar surface area (TPSA) is 73.0 Å². The van der Waals surface area contributed by atoms with Crippen molar-refractivity contribution in [3.63, 3.8) is 0 Å². The molecule has 0 saturated carbocycles. The van der Waals surface area contributed by atoms with E-state index in [0.29, 0.717) is 41.4 Å². The molecule has 7 nitrogen and oxygen atoms in total. The molecule has 27 heavy (non-hydrogen) atoms. The van der Waals surface area contributed by atoms with E-state index in [9.17, 15) is 9.59 Å². The van der Waals surface area contributed by atoms with Crippen molar-refractivity contribution in [1.82, 2.24) is 24.0 Å². The largest absolute Gasteiger partial charge is 0.332 e. The molecule has 0 amide bonds. The van der Waals surface area contributed by atoms with E-state index < -0.39 is 0 Å². The maximum atomic E-state index is 12.8. The fourth-order valence-electron chi connectivity index (χ4n) is 2.96. The van der Waals surface area contributed by atoms with E-state index in [1.807, 2.05) is 25.9 Å². The number of hydrogen-bond donors (Lipinski definition) is 0. The normalized spacial score (nSPS) is 11.4. The third-order valence-corrected chi connectivity index (χ3v) is 4.62. The quantitative estimate of drug-likeness (QED) is 0.648. The van der Waals surface area contributed by atoms with Gasteiger partial charge in [0, 0.05) is 29.9 Å². The standard InChI is InChI=1S/C19H22ClN5O2/c1-4-24-17-15(18(26)25(19(24)27)11-5-10-23(2)3)12-21-16(22-17)13-6-8-14(20)9-7-13/h6-9,12H,4-5,10-11H2,1-3H3. The van der Waals surface area contributed by atoms with Crippen LogP contribution in [-0.4, -0.2) is 44.6 Å². The van der Waals surface area contributed by atoms with Crippen LogP contribution >= 0.6 is 11.6 Å². The van der Waals surface area contributed by atoms with E-state index in [1.165, 1.54) is 15.3 Å². The molecule has 142 valence electrons. The van der Waals surface area contributed by atoms with Gasteiger partial charge in [0.25, 0.3) is 5.56 Å². The first kappa shape index (κ1) is 19.3. The predicted octanol–water partition coefficient (Wildman–Crippen LogP) is 2.25. The van der Waals surface area contributed by atoms with Crippen molar-refractivity contribution >= 4 is 22.6 Å². The van der Waals surface area contributed by atoms with Gasteiger partial charge in [-0.3, -0.25) is 13.9 Å². The lowest BCUT2D eigenvalue weighted by Crippen LogP contribution is -2.40. The fourth-order valence-corrected chi connectivity index (χ4v) is 3.09. The van der Waals surface area contributed by atoms with Crippen LogP contribution in [-0.2, 0) is 13.1 Å². The van der Waals surface area contributed by atoms with Crippen LogP contribution in [0.15, 0.2) is 40.1 Å². The van der Waals surface area contributed by atoms with Crippen molar-refractivity contribution in [1.29, 1.82) is 0 Å². The fraction of sp³-hybridized carbons (Fsp3) is 0.368. The van der Waals surface area contributed by atoms with Crippen LogP contribution in [0.2, 0.25) is 5.02 Å². The second kappa shape index (κ2) is 8.02. The van der Waals surface area contributed by atoms with Crippen LogP contribution in [0.5, 0.6) is 0 Å². The number of hydrogen-bond acceptors (Lipinski definition) is 5. The van der Waals surface area contributed by atoms with Crippen molar-refractivity contribution in [3.8, 4) is 11.4 Å². The van der Waals surface area contributed by atoms with Gasteiger partial charge in [0.05, 0.1) is 0 Å². The molecule has 0 aliphatic heterocycles. The predicted molar refractivity (Wildman–Crippen MR) is 107 cm³/mol. The van der Waals surface area contributed by atoms with Crippen LogP contribution in [0, 0.1) is 0 Å². The van der Waals surface area contributed by atoms with Gasteiger partial charge in [0.2, 0.25) is 0 Å². The summed E-state index contributed by atoms with van der Waals surface area (Å²) in [7, 11) is 3.92. The first-order valence-corrected chi connectivity index (χ1v) is 9.21. The highest BCUT2D eigenvalue weighted by atomic mass is 35.5. The SMILES string of the molecule is CCn1c(=O)n(CCCN(C)C)c(=O)c2cnc(-c3ccc(Cl)cc3)nc21. The summed E-state index contributed by atoms with van der Waals surface area (Å²) in [5.74, 6) is 0.450. The highest BCUT2D eigenvalue weighted by Gasteiger charge is 2.15. The minimum Gasteiger partial charge on any atom is -0.309 e.